The van der Waals surface area contributed by atoms with Gasteiger partial charge in [-0.25, -0.2) is 8.78 Å². The van der Waals surface area contributed by atoms with Crippen molar-refractivity contribution in [1.82, 2.24) is 5.32 Å². The first-order valence-electron chi connectivity index (χ1n) is 3.96. The zero-order chi connectivity index (χ0) is 10.7. The minimum absolute atomic E-state index is 0.282. The van der Waals surface area contributed by atoms with E-state index in [2.05, 4.69) is 5.32 Å². The Morgan fingerprint density at radius 1 is 1.21 bits per heavy atom. The maximum atomic E-state index is 12.5. The summed E-state index contributed by atoms with van der Waals surface area (Å²) in [7, 11) is 1.47. The van der Waals surface area contributed by atoms with Crippen LogP contribution >= 0.6 is 23.2 Å². The van der Waals surface area contributed by atoms with Gasteiger partial charge >= 0.3 is 0 Å². The van der Waals surface area contributed by atoms with Gasteiger partial charge in [0.25, 0.3) is 6.43 Å². The maximum absolute atomic E-state index is 12.5. The number of nitrogens with one attached hydrogen (secondary N) is 1. The minimum atomic E-state index is -2.47. The highest BCUT2D eigenvalue weighted by Gasteiger charge is 2.20. The molecule has 14 heavy (non-hydrogen) atoms. The number of hydrogen-bond donors (Lipinski definition) is 1. The second-order valence-electron chi connectivity index (χ2n) is 2.77. The van der Waals surface area contributed by atoms with Crippen molar-refractivity contribution in [3.8, 4) is 0 Å². The van der Waals surface area contributed by atoms with Crippen molar-refractivity contribution >= 4 is 23.2 Å². The van der Waals surface area contributed by atoms with E-state index in [-0.39, 0.29) is 5.02 Å². The third-order valence-electron chi connectivity index (χ3n) is 1.87. The lowest BCUT2D eigenvalue weighted by Crippen LogP contribution is -2.23. The molecule has 0 radical (unpaired) electrons. The van der Waals surface area contributed by atoms with Gasteiger partial charge in [0.2, 0.25) is 0 Å². The molecule has 5 heteroatoms. The molecule has 0 aromatic heterocycles. The first kappa shape index (κ1) is 11.7. The van der Waals surface area contributed by atoms with Crippen LogP contribution in [0.5, 0.6) is 0 Å². The monoisotopic (exact) mass is 239 g/mol. The molecule has 1 N–H and O–H groups in total. The zero-order valence-electron chi connectivity index (χ0n) is 7.40. The van der Waals surface area contributed by atoms with Gasteiger partial charge in [0, 0.05) is 0 Å². The van der Waals surface area contributed by atoms with Crippen LogP contribution in [0.25, 0.3) is 0 Å². The Morgan fingerprint density at radius 2 is 1.86 bits per heavy atom. The normalized spacial score (nSPS) is 13.3. The SMILES string of the molecule is CNC(c1ccc(Cl)c(Cl)c1)C(F)F. The van der Waals surface area contributed by atoms with Crippen molar-refractivity contribution in [3.63, 3.8) is 0 Å². The quantitative estimate of drug-likeness (QED) is 0.852. The third kappa shape index (κ3) is 2.56. The molecule has 0 aliphatic rings. The van der Waals surface area contributed by atoms with E-state index in [1.807, 2.05) is 0 Å². The van der Waals surface area contributed by atoms with Crippen LogP contribution in [0, 0.1) is 0 Å². The number of hydrogen-bond acceptors (Lipinski definition) is 1. The van der Waals surface area contributed by atoms with Gasteiger partial charge in [-0.15, -0.1) is 0 Å². The Kier molecular flexibility index (Phi) is 4.11. The molecular formula is C9H9Cl2F2N. The van der Waals surface area contributed by atoms with Crippen LogP contribution in [0.4, 0.5) is 8.78 Å². The topological polar surface area (TPSA) is 12.0 Å². The number of benzene rings is 1. The van der Waals surface area contributed by atoms with Gasteiger partial charge in [0.1, 0.15) is 0 Å². The van der Waals surface area contributed by atoms with E-state index < -0.39 is 12.5 Å². The number of halogens is 4. The largest absolute Gasteiger partial charge is 0.308 e. The average molecular weight is 240 g/mol. The zero-order valence-corrected chi connectivity index (χ0v) is 8.91. The van der Waals surface area contributed by atoms with Gasteiger partial charge in [-0.3, -0.25) is 0 Å². The Bertz CT molecular complexity index is 318. The van der Waals surface area contributed by atoms with E-state index in [9.17, 15) is 8.78 Å². The van der Waals surface area contributed by atoms with E-state index in [0.29, 0.717) is 10.6 Å². The van der Waals surface area contributed by atoms with Crippen molar-refractivity contribution in [2.75, 3.05) is 7.05 Å². The highest BCUT2D eigenvalue weighted by atomic mass is 35.5. The molecule has 0 heterocycles. The van der Waals surface area contributed by atoms with Gasteiger partial charge < -0.3 is 5.32 Å². The first-order valence-corrected chi connectivity index (χ1v) is 4.72. The Labute approximate surface area is 91.0 Å². The molecule has 0 spiro atoms. The molecule has 0 aliphatic carbocycles. The Balaban J connectivity index is 3.00. The fourth-order valence-corrected chi connectivity index (χ4v) is 1.45. The molecule has 0 saturated heterocycles. The van der Waals surface area contributed by atoms with E-state index in [4.69, 9.17) is 23.2 Å². The Hall–Kier alpha value is -0.380. The number of alkyl halides is 2. The van der Waals surface area contributed by atoms with Crippen LogP contribution in [0.15, 0.2) is 18.2 Å². The van der Waals surface area contributed by atoms with Crippen molar-refractivity contribution in [3.05, 3.63) is 33.8 Å². The van der Waals surface area contributed by atoms with E-state index in [1.54, 1.807) is 0 Å². The molecule has 1 unspecified atom stereocenters. The molecule has 1 aromatic rings. The Morgan fingerprint density at radius 3 is 2.29 bits per heavy atom. The number of rotatable bonds is 3. The molecular weight excluding hydrogens is 231 g/mol. The summed E-state index contributed by atoms with van der Waals surface area (Å²) in [5.74, 6) is 0. The van der Waals surface area contributed by atoms with E-state index in [0.717, 1.165) is 0 Å². The molecule has 78 valence electrons. The lowest BCUT2D eigenvalue weighted by atomic mass is 10.1. The van der Waals surface area contributed by atoms with Crippen LogP contribution in [-0.2, 0) is 0 Å². The summed E-state index contributed by atoms with van der Waals surface area (Å²) in [6.45, 7) is 0. The molecule has 0 amide bonds. The molecule has 1 rings (SSSR count). The van der Waals surface area contributed by atoms with E-state index >= 15 is 0 Å². The molecule has 0 aliphatic heterocycles. The summed E-state index contributed by atoms with van der Waals surface area (Å²) in [5, 5.41) is 3.16. The van der Waals surface area contributed by atoms with Crippen molar-refractivity contribution < 1.29 is 8.78 Å². The summed E-state index contributed by atoms with van der Waals surface area (Å²) >= 11 is 11.4. The maximum Gasteiger partial charge on any atom is 0.257 e. The highest BCUT2D eigenvalue weighted by molar-refractivity contribution is 6.42. The molecule has 1 atom stereocenters. The lowest BCUT2D eigenvalue weighted by Gasteiger charge is -2.15. The predicted molar refractivity (Wildman–Crippen MR) is 54.3 cm³/mol. The minimum Gasteiger partial charge on any atom is -0.308 e. The molecule has 1 nitrogen and oxygen atoms in total. The average Bonchev–Trinajstić information content (AvgIpc) is 2.11. The second kappa shape index (κ2) is 4.91. The van der Waals surface area contributed by atoms with Crippen LogP contribution in [0.1, 0.15) is 11.6 Å². The summed E-state index contributed by atoms with van der Waals surface area (Å²) in [6, 6.07) is 3.47. The van der Waals surface area contributed by atoms with Crippen LogP contribution in [0.2, 0.25) is 10.0 Å². The van der Waals surface area contributed by atoms with Crippen molar-refractivity contribution in [2.45, 2.75) is 12.5 Å². The first-order chi connectivity index (χ1) is 6.56. The van der Waals surface area contributed by atoms with Gasteiger partial charge in [-0.05, 0) is 24.7 Å². The van der Waals surface area contributed by atoms with Gasteiger partial charge in [-0.1, -0.05) is 29.3 Å². The van der Waals surface area contributed by atoms with Gasteiger partial charge in [0.15, 0.2) is 0 Å². The van der Waals surface area contributed by atoms with E-state index in [1.165, 1.54) is 25.2 Å². The van der Waals surface area contributed by atoms with Crippen LogP contribution < -0.4 is 5.32 Å². The predicted octanol–water partition coefficient (Wildman–Crippen LogP) is 3.52. The standard InChI is InChI=1S/C9H9Cl2F2N/c1-14-8(9(12)13)5-2-3-6(10)7(11)4-5/h2-4,8-9,14H,1H3. The third-order valence-corrected chi connectivity index (χ3v) is 2.60. The summed E-state index contributed by atoms with van der Waals surface area (Å²) in [4.78, 5) is 0. The lowest BCUT2D eigenvalue weighted by molar-refractivity contribution is 0.102. The fraction of sp³-hybridized carbons (Fsp3) is 0.333. The molecule has 0 fully saturated rings. The smallest absolute Gasteiger partial charge is 0.257 e. The van der Waals surface area contributed by atoms with Crippen LogP contribution in [-0.4, -0.2) is 13.5 Å². The molecule has 0 bridgehead atoms. The molecule has 0 saturated carbocycles. The second-order valence-corrected chi connectivity index (χ2v) is 3.59. The fourth-order valence-electron chi connectivity index (χ4n) is 1.14. The summed E-state index contributed by atoms with van der Waals surface area (Å²) < 4.78 is 25.0. The van der Waals surface area contributed by atoms with Crippen molar-refractivity contribution in [2.24, 2.45) is 0 Å². The highest BCUT2D eigenvalue weighted by Crippen LogP contribution is 2.27. The van der Waals surface area contributed by atoms with Crippen molar-refractivity contribution in [1.29, 1.82) is 0 Å². The van der Waals surface area contributed by atoms with Gasteiger partial charge in [0.05, 0.1) is 16.1 Å². The van der Waals surface area contributed by atoms with Crippen LogP contribution in [0.3, 0.4) is 0 Å². The summed E-state index contributed by atoms with van der Waals surface area (Å²) in [6.07, 6.45) is -2.47. The van der Waals surface area contributed by atoms with Gasteiger partial charge in [-0.2, -0.15) is 0 Å². The molecule has 1 aromatic carbocycles. The summed E-state index contributed by atoms with van der Waals surface area (Å²) in [5.41, 5.74) is 0.428.